The van der Waals surface area contributed by atoms with E-state index in [0.29, 0.717) is 10.7 Å². The van der Waals surface area contributed by atoms with Crippen LogP contribution in [0.5, 0.6) is 0 Å². The van der Waals surface area contributed by atoms with Crippen molar-refractivity contribution in [2.75, 3.05) is 0 Å². The molecule has 0 saturated heterocycles. The van der Waals surface area contributed by atoms with Crippen LogP contribution in [0.4, 0.5) is 10.1 Å². The molecule has 0 saturated carbocycles. The molecule has 0 N–H and O–H groups in total. The maximum Gasteiger partial charge on any atom is 0.240 e. The molecule has 1 heterocycles. The zero-order valence-corrected chi connectivity index (χ0v) is 8.65. The zero-order valence-electron chi connectivity index (χ0n) is 7.89. The molecular weight excluding hydrogens is 233 g/mol. The van der Waals surface area contributed by atoms with Crippen molar-refractivity contribution in [3.63, 3.8) is 0 Å². The second-order valence-corrected chi connectivity index (χ2v) is 3.38. The minimum atomic E-state index is -0.490. The normalized spacial score (nSPS) is 9.88. The van der Waals surface area contributed by atoms with E-state index < -0.39 is 5.82 Å². The monoisotopic (exact) mass is 237 g/mol. The van der Waals surface area contributed by atoms with Crippen molar-refractivity contribution in [2.45, 2.75) is 0 Å². The van der Waals surface area contributed by atoms with Gasteiger partial charge in [0.15, 0.2) is 0 Å². The van der Waals surface area contributed by atoms with E-state index in [4.69, 9.17) is 11.6 Å². The molecule has 1 aromatic heterocycles. The molecule has 0 aliphatic rings. The molecular formula is C10H5ClFN3O. The number of aromatic nitrogens is 2. The molecule has 0 aliphatic carbocycles. The molecule has 0 fully saturated rings. The summed E-state index contributed by atoms with van der Waals surface area (Å²) >= 11 is 5.71. The van der Waals surface area contributed by atoms with Crippen molar-refractivity contribution >= 4 is 23.4 Å². The van der Waals surface area contributed by atoms with Crippen LogP contribution in [0.25, 0.3) is 5.69 Å². The smallest absolute Gasteiger partial charge is 0.237 e. The summed E-state index contributed by atoms with van der Waals surface area (Å²) < 4.78 is 14.3. The van der Waals surface area contributed by atoms with Crippen LogP contribution in [-0.4, -0.2) is 15.9 Å². The van der Waals surface area contributed by atoms with E-state index in [-0.39, 0.29) is 5.69 Å². The van der Waals surface area contributed by atoms with Crippen LogP contribution in [0.1, 0.15) is 0 Å². The highest BCUT2D eigenvalue weighted by Gasteiger charge is 2.06. The number of rotatable bonds is 2. The van der Waals surface area contributed by atoms with Gasteiger partial charge in [-0.25, -0.2) is 13.9 Å². The lowest BCUT2D eigenvalue weighted by Gasteiger charge is -2.03. The number of nitrogens with zero attached hydrogens (tertiary/aromatic N) is 3. The molecule has 80 valence electrons. The van der Waals surface area contributed by atoms with Crippen molar-refractivity contribution < 1.29 is 9.18 Å². The van der Waals surface area contributed by atoms with Gasteiger partial charge in [-0.2, -0.15) is 10.1 Å². The SMILES string of the molecule is O=C=Nc1cc(F)ccc1-n1cc(Cl)cn1. The van der Waals surface area contributed by atoms with E-state index in [1.807, 2.05) is 0 Å². The van der Waals surface area contributed by atoms with Gasteiger partial charge in [-0.15, -0.1) is 0 Å². The Hall–Kier alpha value is -1.97. The fourth-order valence-electron chi connectivity index (χ4n) is 1.26. The quantitative estimate of drug-likeness (QED) is 0.595. The van der Waals surface area contributed by atoms with Gasteiger partial charge in [0.25, 0.3) is 0 Å². The molecule has 0 radical (unpaired) electrons. The molecule has 0 unspecified atom stereocenters. The second-order valence-electron chi connectivity index (χ2n) is 2.94. The number of aliphatic imine (C=N–C) groups is 1. The first-order chi connectivity index (χ1) is 7.70. The minimum absolute atomic E-state index is 0.148. The number of isocyanates is 1. The Morgan fingerprint density at radius 2 is 2.31 bits per heavy atom. The standard InChI is InChI=1S/C10H5ClFN3O/c11-7-4-14-15(5-7)10-2-1-8(12)3-9(10)13-6-16/h1-5H. The lowest BCUT2D eigenvalue weighted by molar-refractivity contribution is 0.565. The molecule has 2 rings (SSSR count). The van der Waals surface area contributed by atoms with Gasteiger partial charge in [0.2, 0.25) is 6.08 Å². The first-order valence-corrected chi connectivity index (χ1v) is 4.66. The molecule has 0 amide bonds. The molecule has 0 spiro atoms. The van der Waals surface area contributed by atoms with Crippen molar-refractivity contribution in [3.8, 4) is 5.69 Å². The summed E-state index contributed by atoms with van der Waals surface area (Å²) in [5, 5.41) is 4.37. The third kappa shape index (κ3) is 2.00. The fraction of sp³-hybridized carbons (Fsp3) is 0. The maximum atomic E-state index is 12.9. The van der Waals surface area contributed by atoms with Crippen LogP contribution in [0.3, 0.4) is 0 Å². The molecule has 1 aromatic carbocycles. The first kappa shape index (κ1) is 10.5. The molecule has 2 aromatic rings. The van der Waals surface area contributed by atoms with Gasteiger partial charge in [0.05, 0.1) is 16.9 Å². The minimum Gasteiger partial charge on any atom is -0.237 e. The third-order valence-electron chi connectivity index (χ3n) is 1.90. The van der Waals surface area contributed by atoms with Crippen LogP contribution in [0.15, 0.2) is 35.6 Å². The number of benzene rings is 1. The Morgan fingerprint density at radius 3 is 2.94 bits per heavy atom. The lowest BCUT2D eigenvalue weighted by Crippen LogP contribution is -1.94. The predicted molar refractivity (Wildman–Crippen MR) is 56.3 cm³/mol. The zero-order chi connectivity index (χ0) is 11.5. The summed E-state index contributed by atoms with van der Waals surface area (Å²) in [5.41, 5.74) is 0.603. The molecule has 0 atom stereocenters. The van der Waals surface area contributed by atoms with Gasteiger partial charge in [0, 0.05) is 12.3 Å². The van der Waals surface area contributed by atoms with E-state index >= 15 is 0 Å². The van der Waals surface area contributed by atoms with Crippen molar-refractivity contribution in [2.24, 2.45) is 4.99 Å². The highest BCUT2D eigenvalue weighted by molar-refractivity contribution is 6.30. The topological polar surface area (TPSA) is 47.2 Å². The number of halogens is 2. The summed E-state index contributed by atoms with van der Waals surface area (Å²) in [6.07, 6.45) is 4.32. The van der Waals surface area contributed by atoms with E-state index in [2.05, 4.69) is 10.1 Å². The molecule has 0 bridgehead atoms. The number of hydrogen-bond donors (Lipinski definition) is 0. The van der Waals surface area contributed by atoms with Crippen molar-refractivity contribution in [1.82, 2.24) is 9.78 Å². The Labute approximate surface area is 95.0 Å². The van der Waals surface area contributed by atoms with Crippen molar-refractivity contribution in [3.05, 3.63) is 41.4 Å². The number of hydrogen-bond acceptors (Lipinski definition) is 3. The Kier molecular flexibility index (Phi) is 2.81. The summed E-state index contributed by atoms with van der Waals surface area (Å²) in [6, 6.07) is 3.82. The highest BCUT2D eigenvalue weighted by Crippen LogP contribution is 2.24. The first-order valence-electron chi connectivity index (χ1n) is 4.28. The molecule has 4 nitrogen and oxygen atoms in total. The van der Waals surface area contributed by atoms with Crippen LogP contribution in [-0.2, 0) is 4.79 Å². The van der Waals surface area contributed by atoms with E-state index in [1.165, 1.54) is 35.3 Å². The van der Waals surface area contributed by atoms with Crippen LogP contribution in [0, 0.1) is 5.82 Å². The van der Waals surface area contributed by atoms with Gasteiger partial charge in [0.1, 0.15) is 11.5 Å². The average Bonchev–Trinajstić information content (AvgIpc) is 2.65. The molecule has 6 heteroatoms. The predicted octanol–water partition coefficient (Wildman–Crippen LogP) is 2.63. The maximum absolute atomic E-state index is 12.9. The van der Waals surface area contributed by atoms with Gasteiger partial charge < -0.3 is 0 Å². The highest BCUT2D eigenvalue weighted by atomic mass is 35.5. The third-order valence-corrected chi connectivity index (χ3v) is 2.10. The van der Waals surface area contributed by atoms with Crippen LogP contribution < -0.4 is 0 Å². The van der Waals surface area contributed by atoms with E-state index in [9.17, 15) is 9.18 Å². The Bertz CT molecular complexity index is 575. The van der Waals surface area contributed by atoms with Gasteiger partial charge in [-0.3, -0.25) is 0 Å². The van der Waals surface area contributed by atoms with Gasteiger partial charge >= 0.3 is 0 Å². The van der Waals surface area contributed by atoms with E-state index in [1.54, 1.807) is 0 Å². The van der Waals surface area contributed by atoms with Crippen LogP contribution in [0.2, 0.25) is 5.02 Å². The fourth-order valence-corrected chi connectivity index (χ4v) is 1.40. The average molecular weight is 238 g/mol. The summed E-state index contributed by atoms with van der Waals surface area (Å²) in [7, 11) is 0. The largest absolute Gasteiger partial charge is 0.240 e. The summed E-state index contributed by atoms with van der Waals surface area (Å²) in [5.74, 6) is -0.490. The molecule has 0 aliphatic heterocycles. The Balaban J connectivity index is 2.59. The van der Waals surface area contributed by atoms with Crippen molar-refractivity contribution in [1.29, 1.82) is 0 Å². The van der Waals surface area contributed by atoms with E-state index in [0.717, 1.165) is 6.07 Å². The summed E-state index contributed by atoms with van der Waals surface area (Å²) in [4.78, 5) is 13.6. The second kappa shape index (κ2) is 4.26. The van der Waals surface area contributed by atoms with Crippen LogP contribution >= 0.6 is 11.6 Å². The van der Waals surface area contributed by atoms with Gasteiger partial charge in [-0.05, 0) is 12.1 Å². The molecule has 16 heavy (non-hydrogen) atoms. The Morgan fingerprint density at radius 1 is 1.50 bits per heavy atom. The van der Waals surface area contributed by atoms with Gasteiger partial charge in [-0.1, -0.05) is 11.6 Å². The summed E-state index contributed by atoms with van der Waals surface area (Å²) in [6.45, 7) is 0. The number of carbonyl (C=O) groups excluding carboxylic acids is 1. The lowest BCUT2D eigenvalue weighted by atomic mass is 10.2.